The summed E-state index contributed by atoms with van der Waals surface area (Å²) in [5, 5.41) is 4.85. The van der Waals surface area contributed by atoms with Crippen molar-refractivity contribution in [1.29, 1.82) is 0 Å². The van der Waals surface area contributed by atoms with Crippen molar-refractivity contribution in [2.75, 3.05) is 6.26 Å². The monoisotopic (exact) mass is 355 g/mol. The van der Waals surface area contributed by atoms with Gasteiger partial charge in [-0.2, -0.15) is 0 Å². The minimum Gasteiger partial charge on any atom is -0.292 e. The molecule has 1 aromatic carbocycles. The Labute approximate surface area is 152 Å². The SMILES string of the molecule is CCC(CC)c1cc(C)n2nc(-c3ccccc3SC)n(C)c(=O)c12. The normalized spacial score (nSPS) is 11.6. The molecule has 5 heteroatoms. The van der Waals surface area contributed by atoms with E-state index in [9.17, 15) is 4.79 Å². The molecule has 0 atom stereocenters. The van der Waals surface area contributed by atoms with E-state index in [1.54, 1.807) is 16.3 Å². The predicted octanol–water partition coefficient (Wildman–Crippen LogP) is 4.63. The van der Waals surface area contributed by atoms with Gasteiger partial charge in [-0.25, -0.2) is 4.52 Å². The minimum absolute atomic E-state index is 0.0240. The lowest BCUT2D eigenvalue weighted by Gasteiger charge is -2.14. The molecular weight excluding hydrogens is 330 g/mol. The van der Waals surface area contributed by atoms with Crippen LogP contribution < -0.4 is 5.56 Å². The van der Waals surface area contributed by atoms with Gasteiger partial charge in [0.2, 0.25) is 0 Å². The van der Waals surface area contributed by atoms with Gasteiger partial charge in [-0.3, -0.25) is 9.36 Å². The zero-order valence-corrected chi connectivity index (χ0v) is 16.4. The molecule has 2 aromatic heterocycles. The van der Waals surface area contributed by atoms with Crippen LogP contribution in [0.4, 0.5) is 0 Å². The van der Waals surface area contributed by atoms with E-state index >= 15 is 0 Å². The summed E-state index contributed by atoms with van der Waals surface area (Å²) in [4.78, 5) is 14.3. The Morgan fingerprint density at radius 2 is 1.88 bits per heavy atom. The molecule has 0 spiro atoms. The van der Waals surface area contributed by atoms with Gasteiger partial charge >= 0.3 is 0 Å². The van der Waals surface area contributed by atoms with Gasteiger partial charge in [-0.05, 0) is 49.6 Å². The largest absolute Gasteiger partial charge is 0.292 e. The van der Waals surface area contributed by atoms with Crippen molar-refractivity contribution in [2.24, 2.45) is 7.05 Å². The maximum absolute atomic E-state index is 13.2. The van der Waals surface area contributed by atoms with E-state index in [1.807, 2.05) is 42.9 Å². The molecule has 4 nitrogen and oxygen atoms in total. The molecule has 3 rings (SSSR count). The Morgan fingerprint density at radius 3 is 2.52 bits per heavy atom. The van der Waals surface area contributed by atoms with Crippen LogP contribution in [0.5, 0.6) is 0 Å². The van der Waals surface area contributed by atoms with E-state index in [-0.39, 0.29) is 5.56 Å². The van der Waals surface area contributed by atoms with Gasteiger partial charge in [0.15, 0.2) is 5.82 Å². The highest BCUT2D eigenvalue weighted by atomic mass is 32.2. The smallest absolute Gasteiger partial charge is 0.278 e. The number of hydrogen-bond donors (Lipinski definition) is 0. The van der Waals surface area contributed by atoms with Crippen LogP contribution in [0.3, 0.4) is 0 Å². The van der Waals surface area contributed by atoms with Crippen molar-refractivity contribution in [3.8, 4) is 11.4 Å². The molecule has 2 heterocycles. The second-order valence-electron chi connectivity index (χ2n) is 6.40. The van der Waals surface area contributed by atoms with Crippen molar-refractivity contribution in [3.05, 3.63) is 51.9 Å². The lowest BCUT2D eigenvalue weighted by molar-refractivity contribution is 0.644. The Kier molecular flexibility index (Phi) is 5.04. The minimum atomic E-state index is 0.0240. The average molecular weight is 356 g/mol. The van der Waals surface area contributed by atoms with Crippen molar-refractivity contribution in [3.63, 3.8) is 0 Å². The van der Waals surface area contributed by atoms with Gasteiger partial charge in [-0.1, -0.05) is 32.0 Å². The Hall–Kier alpha value is -2.01. The molecule has 25 heavy (non-hydrogen) atoms. The first-order valence-electron chi connectivity index (χ1n) is 8.76. The summed E-state index contributed by atoms with van der Waals surface area (Å²) in [5.41, 5.74) is 3.88. The van der Waals surface area contributed by atoms with Gasteiger partial charge in [0.05, 0.1) is 0 Å². The van der Waals surface area contributed by atoms with Gasteiger partial charge in [0.25, 0.3) is 5.56 Å². The Balaban J connectivity index is 2.34. The van der Waals surface area contributed by atoms with E-state index in [0.29, 0.717) is 11.7 Å². The second-order valence-corrected chi connectivity index (χ2v) is 7.25. The first kappa shape index (κ1) is 17.8. The lowest BCUT2D eigenvalue weighted by Crippen LogP contribution is -2.24. The first-order valence-corrected chi connectivity index (χ1v) is 9.98. The number of nitrogens with zero attached hydrogens (tertiary/aromatic N) is 3. The van der Waals surface area contributed by atoms with Crippen LogP contribution in [0.15, 0.2) is 40.0 Å². The molecule has 0 fully saturated rings. The van der Waals surface area contributed by atoms with Crippen LogP contribution in [-0.2, 0) is 7.05 Å². The van der Waals surface area contributed by atoms with E-state index in [2.05, 4.69) is 26.0 Å². The molecule has 132 valence electrons. The fourth-order valence-electron chi connectivity index (χ4n) is 3.52. The molecule has 0 aliphatic rings. The summed E-state index contributed by atoms with van der Waals surface area (Å²) in [6.07, 6.45) is 4.09. The molecule has 0 saturated carbocycles. The third-order valence-electron chi connectivity index (χ3n) is 4.98. The molecule has 0 aliphatic carbocycles. The first-order chi connectivity index (χ1) is 12.0. The van der Waals surface area contributed by atoms with Crippen LogP contribution in [0.2, 0.25) is 0 Å². The lowest BCUT2D eigenvalue weighted by atomic mass is 9.95. The summed E-state index contributed by atoms with van der Waals surface area (Å²) in [7, 11) is 1.82. The summed E-state index contributed by atoms with van der Waals surface area (Å²) in [6.45, 7) is 6.37. The van der Waals surface area contributed by atoms with Crippen LogP contribution in [-0.4, -0.2) is 20.4 Å². The maximum atomic E-state index is 13.2. The maximum Gasteiger partial charge on any atom is 0.278 e. The summed E-state index contributed by atoms with van der Waals surface area (Å²) in [5.74, 6) is 1.10. The zero-order chi connectivity index (χ0) is 18.1. The Bertz CT molecular complexity index is 967. The highest BCUT2D eigenvalue weighted by Gasteiger charge is 2.21. The van der Waals surface area contributed by atoms with E-state index in [4.69, 9.17) is 5.10 Å². The Morgan fingerprint density at radius 1 is 1.20 bits per heavy atom. The van der Waals surface area contributed by atoms with Gasteiger partial charge < -0.3 is 0 Å². The van der Waals surface area contributed by atoms with Crippen LogP contribution in [0, 0.1) is 6.92 Å². The van der Waals surface area contributed by atoms with Gasteiger partial charge in [0, 0.05) is 23.2 Å². The zero-order valence-electron chi connectivity index (χ0n) is 15.5. The van der Waals surface area contributed by atoms with E-state index in [0.717, 1.165) is 40.1 Å². The topological polar surface area (TPSA) is 39.3 Å². The summed E-state index contributed by atoms with van der Waals surface area (Å²) < 4.78 is 3.53. The van der Waals surface area contributed by atoms with Crippen molar-refractivity contribution < 1.29 is 0 Å². The van der Waals surface area contributed by atoms with Crippen LogP contribution >= 0.6 is 11.8 Å². The average Bonchev–Trinajstić information content (AvgIpc) is 2.95. The van der Waals surface area contributed by atoms with E-state index in [1.165, 1.54) is 0 Å². The number of benzene rings is 1. The van der Waals surface area contributed by atoms with Crippen molar-refractivity contribution in [1.82, 2.24) is 14.2 Å². The second kappa shape index (κ2) is 7.08. The molecule has 0 saturated heterocycles. The molecule has 0 bridgehead atoms. The standard InChI is InChI=1S/C20H25N3OS/c1-6-14(7-2)16-12-13(3)23-18(16)20(24)22(4)19(21-23)15-10-8-9-11-17(15)25-5/h8-12,14H,6-7H2,1-5H3. The van der Waals surface area contributed by atoms with E-state index < -0.39 is 0 Å². The molecule has 0 aliphatic heterocycles. The summed E-state index contributed by atoms with van der Waals surface area (Å²) >= 11 is 1.67. The summed E-state index contributed by atoms with van der Waals surface area (Å²) in [6, 6.07) is 10.2. The highest BCUT2D eigenvalue weighted by molar-refractivity contribution is 7.98. The fourth-order valence-corrected chi connectivity index (χ4v) is 4.11. The number of aromatic nitrogens is 3. The number of hydrogen-bond acceptors (Lipinski definition) is 3. The van der Waals surface area contributed by atoms with Crippen molar-refractivity contribution >= 4 is 17.3 Å². The quantitative estimate of drug-likeness (QED) is 0.626. The molecule has 0 amide bonds. The number of aryl methyl sites for hydroxylation is 1. The van der Waals surface area contributed by atoms with Crippen molar-refractivity contribution in [2.45, 2.75) is 44.4 Å². The predicted molar refractivity (Wildman–Crippen MR) is 106 cm³/mol. The third kappa shape index (κ3) is 2.91. The van der Waals surface area contributed by atoms with Gasteiger partial charge in [-0.15, -0.1) is 16.9 Å². The van der Waals surface area contributed by atoms with Crippen LogP contribution in [0.25, 0.3) is 16.9 Å². The highest BCUT2D eigenvalue weighted by Crippen LogP contribution is 2.30. The van der Waals surface area contributed by atoms with Crippen LogP contribution in [0.1, 0.15) is 43.9 Å². The molecule has 0 unspecified atom stereocenters. The molecule has 0 N–H and O–H groups in total. The fraction of sp³-hybridized carbons (Fsp3) is 0.400. The molecular formula is C20H25N3OS. The number of fused-ring (bicyclic) bond motifs is 1. The molecule has 3 aromatic rings. The third-order valence-corrected chi connectivity index (χ3v) is 5.77. The molecule has 0 radical (unpaired) electrons. The van der Waals surface area contributed by atoms with Gasteiger partial charge in [0.1, 0.15) is 5.52 Å². The number of thioether (sulfide) groups is 1. The number of rotatable bonds is 5.